The Morgan fingerprint density at radius 2 is 1.44 bits per heavy atom. The Kier molecular flexibility index (Phi) is 8.52. The number of rotatable bonds is 11. The number of unbranched alkanes of at least 4 members (excludes halogenated alkanes) is 8. The number of fused-ring (bicyclic) bond motifs is 1. The van der Waals surface area contributed by atoms with E-state index in [4.69, 9.17) is 0 Å². The summed E-state index contributed by atoms with van der Waals surface area (Å²) in [6.07, 6.45) is 13.4. The van der Waals surface area contributed by atoms with Gasteiger partial charge >= 0.3 is 0 Å². The van der Waals surface area contributed by atoms with Gasteiger partial charge in [-0.15, -0.1) is 18.4 Å². The van der Waals surface area contributed by atoms with Crippen molar-refractivity contribution in [3.63, 3.8) is 0 Å². The van der Waals surface area contributed by atoms with Crippen LogP contribution in [0.3, 0.4) is 0 Å². The number of carbonyl (C=O) groups is 2. The lowest BCUT2D eigenvalue weighted by Gasteiger charge is -2.21. The zero-order valence-corrected chi connectivity index (χ0v) is 16.7. The summed E-state index contributed by atoms with van der Waals surface area (Å²) in [4.78, 5) is 25.8. The van der Waals surface area contributed by atoms with Gasteiger partial charge in [-0.25, -0.2) is 0 Å². The molecular formula is C25H32O2. The fourth-order valence-electron chi connectivity index (χ4n) is 3.81. The van der Waals surface area contributed by atoms with Crippen molar-refractivity contribution in [2.45, 2.75) is 77.6 Å². The van der Waals surface area contributed by atoms with E-state index in [1.54, 1.807) is 18.2 Å². The average Bonchev–Trinajstić information content (AvgIpc) is 2.89. The van der Waals surface area contributed by atoms with Crippen LogP contribution in [0, 0.1) is 17.3 Å². The first kappa shape index (κ1) is 21.2. The first-order valence-electron chi connectivity index (χ1n) is 10.4. The van der Waals surface area contributed by atoms with Crippen molar-refractivity contribution >= 4 is 11.6 Å². The average molecular weight is 365 g/mol. The van der Waals surface area contributed by atoms with Gasteiger partial charge in [-0.2, -0.15) is 0 Å². The summed E-state index contributed by atoms with van der Waals surface area (Å²) in [7, 11) is 0. The summed E-state index contributed by atoms with van der Waals surface area (Å²) in [5.41, 5.74) is 0.0148. The highest BCUT2D eigenvalue weighted by atomic mass is 16.2. The minimum Gasteiger partial charge on any atom is -0.293 e. The Bertz CT molecular complexity index is 682. The second-order valence-corrected chi connectivity index (χ2v) is 7.53. The molecule has 1 aliphatic rings. The summed E-state index contributed by atoms with van der Waals surface area (Å²) in [5.74, 6) is 6.13. The molecule has 0 heterocycles. The number of hydrogen-bond donors (Lipinski definition) is 0. The van der Waals surface area contributed by atoms with Gasteiger partial charge in [-0.05, 0) is 12.8 Å². The van der Waals surface area contributed by atoms with Gasteiger partial charge in [-0.3, -0.25) is 9.59 Å². The Balaban J connectivity index is 1.83. The van der Waals surface area contributed by atoms with Crippen LogP contribution in [0.4, 0.5) is 0 Å². The standard InChI is InChI=1S/C25H32O2/c1-3-5-6-7-8-9-10-11-12-13-16-20-25(19-4-2)23(26)21-17-14-15-18-22(21)24(25)27/h4,14-15,17-18H,2-3,5-12,19-20H2,1H3. The number of carbonyl (C=O) groups excluding carboxylic acids is 2. The molecule has 144 valence electrons. The van der Waals surface area contributed by atoms with E-state index in [0.29, 0.717) is 24.0 Å². The van der Waals surface area contributed by atoms with Crippen LogP contribution in [0.15, 0.2) is 36.9 Å². The van der Waals surface area contributed by atoms with E-state index in [1.807, 2.05) is 12.1 Å². The molecule has 0 radical (unpaired) electrons. The van der Waals surface area contributed by atoms with Crippen LogP contribution >= 0.6 is 0 Å². The maximum absolute atomic E-state index is 12.9. The van der Waals surface area contributed by atoms with Crippen molar-refractivity contribution in [2.24, 2.45) is 5.41 Å². The quantitative estimate of drug-likeness (QED) is 0.193. The lowest BCUT2D eigenvalue weighted by atomic mass is 9.76. The normalized spacial score (nSPS) is 14.6. The molecule has 1 aliphatic carbocycles. The van der Waals surface area contributed by atoms with Crippen molar-refractivity contribution in [1.29, 1.82) is 0 Å². The molecule has 0 N–H and O–H groups in total. The summed E-state index contributed by atoms with van der Waals surface area (Å²) in [6.45, 7) is 5.99. The Hall–Kier alpha value is -2.14. The van der Waals surface area contributed by atoms with Gasteiger partial charge < -0.3 is 0 Å². The molecule has 27 heavy (non-hydrogen) atoms. The van der Waals surface area contributed by atoms with Crippen molar-refractivity contribution in [3.8, 4) is 11.8 Å². The van der Waals surface area contributed by atoms with Crippen molar-refractivity contribution in [1.82, 2.24) is 0 Å². The fourth-order valence-corrected chi connectivity index (χ4v) is 3.81. The third kappa shape index (κ3) is 5.19. The molecule has 0 fully saturated rings. The second kappa shape index (κ2) is 10.9. The highest BCUT2D eigenvalue weighted by Gasteiger charge is 2.51. The van der Waals surface area contributed by atoms with E-state index < -0.39 is 5.41 Å². The zero-order chi connectivity index (χ0) is 19.5. The highest BCUT2D eigenvalue weighted by molar-refractivity contribution is 6.29. The predicted octanol–water partition coefficient (Wildman–Crippen LogP) is 6.55. The topological polar surface area (TPSA) is 34.1 Å². The molecule has 2 rings (SSSR count). The van der Waals surface area contributed by atoms with Crippen LogP contribution < -0.4 is 0 Å². The molecule has 0 spiro atoms. The molecule has 2 heteroatoms. The number of ketones is 2. The summed E-state index contributed by atoms with van der Waals surface area (Å²) >= 11 is 0. The van der Waals surface area contributed by atoms with Gasteiger partial charge in [0.1, 0.15) is 5.41 Å². The smallest absolute Gasteiger partial charge is 0.178 e. The number of Topliss-reactive ketones (excluding diaryl/α,β-unsaturated/α-hetero) is 2. The molecule has 0 aromatic heterocycles. The molecule has 0 saturated heterocycles. The van der Waals surface area contributed by atoms with E-state index in [9.17, 15) is 9.59 Å². The zero-order valence-electron chi connectivity index (χ0n) is 16.7. The van der Waals surface area contributed by atoms with E-state index in [-0.39, 0.29) is 11.6 Å². The van der Waals surface area contributed by atoms with Crippen LogP contribution in [0.5, 0.6) is 0 Å². The van der Waals surface area contributed by atoms with E-state index in [2.05, 4.69) is 25.3 Å². The number of allylic oxidation sites excluding steroid dienone is 1. The molecule has 0 amide bonds. The van der Waals surface area contributed by atoms with Gasteiger partial charge in [0.25, 0.3) is 0 Å². The van der Waals surface area contributed by atoms with Crippen LogP contribution in [0.25, 0.3) is 0 Å². The molecule has 0 unspecified atom stereocenters. The largest absolute Gasteiger partial charge is 0.293 e. The highest BCUT2D eigenvalue weighted by Crippen LogP contribution is 2.42. The Morgan fingerprint density at radius 1 is 0.889 bits per heavy atom. The first-order valence-corrected chi connectivity index (χ1v) is 10.4. The lowest BCUT2D eigenvalue weighted by molar-refractivity contribution is 0.0706. The van der Waals surface area contributed by atoms with Crippen LogP contribution in [-0.2, 0) is 0 Å². The van der Waals surface area contributed by atoms with Gasteiger partial charge in [0.05, 0.1) is 0 Å². The molecule has 2 nitrogen and oxygen atoms in total. The maximum atomic E-state index is 12.9. The molecule has 1 aromatic rings. The molecule has 0 saturated carbocycles. The van der Waals surface area contributed by atoms with Crippen LogP contribution in [0.2, 0.25) is 0 Å². The third-order valence-corrected chi connectivity index (χ3v) is 5.45. The summed E-state index contributed by atoms with van der Waals surface area (Å²) in [5, 5.41) is 0. The van der Waals surface area contributed by atoms with Crippen molar-refractivity contribution in [2.75, 3.05) is 0 Å². The first-order chi connectivity index (χ1) is 13.2. The molecule has 0 bridgehead atoms. The molecule has 0 aliphatic heterocycles. The Morgan fingerprint density at radius 3 is 2.00 bits per heavy atom. The lowest BCUT2D eigenvalue weighted by Crippen LogP contribution is -2.32. The summed E-state index contributed by atoms with van der Waals surface area (Å²) < 4.78 is 0. The third-order valence-electron chi connectivity index (χ3n) is 5.45. The minimum atomic E-state index is -1.06. The molecule has 0 atom stereocenters. The van der Waals surface area contributed by atoms with Crippen LogP contribution in [-0.4, -0.2) is 11.6 Å². The van der Waals surface area contributed by atoms with E-state index in [0.717, 1.165) is 12.8 Å². The van der Waals surface area contributed by atoms with Gasteiger partial charge in [0, 0.05) is 24.0 Å². The molecule has 1 aromatic carbocycles. The number of hydrogen-bond acceptors (Lipinski definition) is 2. The van der Waals surface area contributed by atoms with Crippen molar-refractivity contribution in [3.05, 3.63) is 48.0 Å². The fraction of sp³-hybridized carbons (Fsp3) is 0.520. The maximum Gasteiger partial charge on any atom is 0.178 e. The van der Waals surface area contributed by atoms with Gasteiger partial charge in [-0.1, -0.05) is 82.2 Å². The minimum absolute atomic E-state index is 0.0932. The van der Waals surface area contributed by atoms with E-state index >= 15 is 0 Å². The monoisotopic (exact) mass is 364 g/mol. The number of benzene rings is 1. The molecular weight excluding hydrogens is 332 g/mol. The van der Waals surface area contributed by atoms with E-state index in [1.165, 1.54) is 44.9 Å². The Labute approximate surface area is 164 Å². The summed E-state index contributed by atoms with van der Waals surface area (Å²) in [6, 6.07) is 7.10. The van der Waals surface area contributed by atoms with Crippen LogP contribution in [0.1, 0.15) is 98.3 Å². The predicted molar refractivity (Wildman–Crippen MR) is 112 cm³/mol. The van der Waals surface area contributed by atoms with Gasteiger partial charge in [0.2, 0.25) is 0 Å². The second-order valence-electron chi connectivity index (χ2n) is 7.53. The van der Waals surface area contributed by atoms with Crippen molar-refractivity contribution < 1.29 is 9.59 Å². The SMILES string of the molecule is C=CCC1(CC#CCCCCCCCCCC)C(=O)c2ccccc2C1=O. The van der Waals surface area contributed by atoms with Gasteiger partial charge in [0.15, 0.2) is 11.6 Å².